The van der Waals surface area contributed by atoms with Crippen molar-refractivity contribution in [1.82, 2.24) is 5.32 Å². The Kier molecular flexibility index (Phi) is 5.22. The maximum atomic E-state index is 10.2. The molecule has 0 radical (unpaired) electrons. The Morgan fingerprint density at radius 1 is 1.44 bits per heavy atom. The molecule has 2 unspecified atom stereocenters. The summed E-state index contributed by atoms with van der Waals surface area (Å²) in [5.41, 5.74) is 1.47. The van der Waals surface area contributed by atoms with Crippen LogP contribution in [0.1, 0.15) is 56.0 Å². The smallest absolute Gasteiger partial charge is 0.0692 e. The zero-order valence-corrected chi connectivity index (χ0v) is 12.3. The maximum absolute atomic E-state index is 10.2. The van der Waals surface area contributed by atoms with Crippen LogP contribution < -0.4 is 5.32 Å². The van der Waals surface area contributed by atoms with E-state index in [9.17, 15) is 5.11 Å². The van der Waals surface area contributed by atoms with E-state index in [1.165, 1.54) is 29.7 Å². The molecule has 2 N–H and O–H groups in total. The molecule has 2 rings (SSSR count). The molecule has 0 saturated heterocycles. The number of aliphatic hydroxyl groups excluding tert-OH is 1. The molecule has 102 valence electrons. The van der Waals surface area contributed by atoms with Crippen molar-refractivity contribution in [2.45, 2.75) is 58.1 Å². The number of hydrogen-bond donors (Lipinski definition) is 2. The van der Waals surface area contributed by atoms with Crippen molar-refractivity contribution in [2.75, 3.05) is 6.54 Å². The molecule has 0 saturated carbocycles. The van der Waals surface area contributed by atoms with E-state index in [2.05, 4.69) is 30.6 Å². The highest BCUT2D eigenvalue weighted by atomic mass is 32.1. The fraction of sp³-hybridized carbons (Fsp3) is 0.733. The Labute approximate surface area is 114 Å². The van der Waals surface area contributed by atoms with Crippen LogP contribution in [0.2, 0.25) is 0 Å². The molecule has 0 spiro atoms. The van der Waals surface area contributed by atoms with E-state index in [0.29, 0.717) is 12.0 Å². The van der Waals surface area contributed by atoms with Crippen molar-refractivity contribution >= 4 is 11.3 Å². The summed E-state index contributed by atoms with van der Waals surface area (Å²) in [7, 11) is 0. The Balaban J connectivity index is 1.88. The zero-order chi connectivity index (χ0) is 13.0. The van der Waals surface area contributed by atoms with E-state index in [1.54, 1.807) is 0 Å². The Bertz CT molecular complexity index is 359. The minimum absolute atomic E-state index is 0.205. The third kappa shape index (κ3) is 3.14. The largest absolute Gasteiger partial charge is 0.392 e. The van der Waals surface area contributed by atoms with Crippen LogP contribution >= 0.6 is 11.3 Å². The molecule has 2 atom stereocenters. The van der Waals surface area contributed by atoms with Gasteiger partial charge < -0.3 is 10.4 Å². The molecule has 3 heteroatoms. The Morgan fingerprint density at radius 3 is 2.94 bits per heavy atom. The Hall–Kier alpha value is -0.380. The van der Waals surface area contributed by atoms with Crippen molar-refractivity contribution in [2.24, 2.45) is 5.92 Å². The SMILES string of the molecule is CCC(CC)C(O)CNC1CCCc2sccc21. The van der Waals surface area contributed by atoms with Gasteiger partial charge in [-0.1, -0.05) is 26.7 Å². The first-order valence-corrected chi connectivity index (χ1v) is 8.11. The molecule has 1 aliphatic rings. The Morgan fingerprint density at radius 2 is 2.22 bits per heavy atom. The van der Waals surface area contributed by atoms with Gasteiger partial charge in [0.2, 0.25) is 0 Å². The number of aliphatic hydroxyl groups is 1. The van der Waals surface area contributed by atoms with Crippen LogP contribution in [0, 0.1) is 5.92 Å². The minimum Gasteiger partial charge on any atom is -0.392 e. The topological polar surface area (TPSA) is 32.3 Å². The fourth-order valence-corrected chi connectivity index (χ4v) is 3.95. The van der Waals surface area contributed by atoms with Crippen LogP contribution in [0.3, 0.4) is 0 Å². The number of thiophene rings is 1. The lowest BCUT2D eigenvalue weighted by atomic mass is 9.92. The normalized spacial score (nSPS) is 21.0. The average Bonchev–Trinajstić information content (AvgIpc) is 2.86. The van der Waals surface area contributed by atoms with Gasteiger partial charge in [0.1, 0.15) is 0 Å². The summed E-state index contributed by atoms with van der Waals surface area (Å²) in [6, 6.07) is 2.71. The highest BCUT2D eigenvalue weighted by Gasteiger charge is 2.22. The summed E-state index contributed by atoms with van der Waals surface area (Å²) < 4.78 is 0. The molecule has 1 aliphatic carbocycles. The van der Waals surface area contributed by atoms with Gasteiger partial charge in [-0.2, -0.15) is 0 Å². The molecule has 1 aromatic heterocycles. The third-order valence-electron chi connectivity index (χ3n) is 4.22. The second-order valence-electron chi connectivity index (χ2n) is 5.30. The highest BCUT2D eigenvalue weighted by Crippen LogP contribution is 2.33. The molecule has 0 bridgehead atoms. The average molecular weight is 267 g/mol. The monoisotopic (exact) mass is 267 g/mol. The fourth-order valence-electron chi connectivity index (χ4n) is 2.96. The summed E-state index contributed by atoms with van der Waals surface area (Å²) >= 11 is 1.88. The van der Waals surface area contributed by atoms with Crippen molar-refractivity contribution < 1.29 is 5.11 Å². The third-order valence-corrected chi connectivity index (χ3v) is 5.21. The van der Waals surface area contributed by atoms with Gasteiger partial charge in [-0.05, 0) is 42.2 Å². The zero-order valence-electron chi connectivity index (χ0n) is 11.5. The standard InChI is InChI=1S/C15H25NOS/c1-3-11(4-2)14(17)10-16-13-6-5-7-15-12(13)8-9-18-15/h8-9,11,13-14,16-17H,3-7,10H2,1-2H3. The number of aryl methyl sites for hydroxylation is 1. The van der Waals surface area contributed by atoms with Gasteiger partial charge in [-0.25, -0.2) is 0 Å². The second kappa shape index (κ2) is 6.69. The molecule has 2 nitrogen and oxygen atoms in total. The summed E-state index contributed by atoms with van der Waals surface area (Å²) in [6.07, 6.45) is 5.64. The summed E-state index contributed by atoms with van der Waals surface area (Å²) in [5.74, 6) is 0.433. The molecule has 0 amide bonds. The first-order chi connectivity index (χ1) is 8.76. The molecular weight excluding hydrogens is 242 g/mol. The van der Waals surface area contributed by atoms with Crippen LogP contribution in [0.5, 0.6) is 0 Å². The number of rotatable bonds is 6. The van der Waals surface area contributed by atoms with Crippen LogP contribution in [-0.2, 0) is 6.42 Å². The van der Waals surface area contributed by atoms with E-state index >= 15 is 0 Å². The minimum atomic E-state index is -0.205. The summed E-state index contributed by atoms with van der Waals surface area (Å²) in [4.78, 5) is 1.54. The van der Waals surface area contributed by atoms with Crippen LogP contribution in [0.4, 0.5) is 0 Å². The lowest BCUT2D eigenvalue weighted by Crippen LogP contribution is -2.35. The van der Waals surface area contributed by atoms with Crippen molar-refractivity contribution in [1.29, 1.82) is 0 Å². The van der Waals surface area contributed by atoms with E-state index in [4.69, 9.17) is 0 Å². The number of hydrogen-bond acceptors (Lipinski definition) is 3. The van der Waals surface area contributed by atoms with E-state index in [1.807, 2.05) is 11.3 Å². The molecule has 1 aromatic rings. The second-order valence-corrected chi connectivity index (χ2v) is 6.30. The lowest BCUT2D eigenvalue weighted by Gasteiger charge is -2.27. The first kappa shape index (κ1) is 14.0. The van der Waals surface area contributed by atoms with E-state index in [0.717, 1.165) is 19.4 Å². The van der Waals surface area contributed by atoms with Crippen LogP contribution in [-0.4, -0.2) is 17.8 Å². The molecule has 0 fully saturated rings. The van der Waals surface area contributed by atoms with E-state index < -0.39 is 0 Å². The number of nitrogens with one attached hydrogen (secondary N) is 1. The molecular formula is C15H25NOS. The predicted octanol–water partition coefficient (Wildman–Crippen LogP) is 3.51. The van der Waals surface area contributed by atoms with Gasteiger partial charge in [0.25, 0.3) is 0 Å². The van der Waals surface area contributed by atoms with E-state index in [-0.39, 0.29) is 6.10 Å². The number of fused-ring (bicyclic) bond motifs is 1. The summed E-state index contributed by atoms with van der Waals surface area (Å²) in [5, 5.41) is 15.9. The van der Waals surface area contributed by atoms with Gasteiger partial charge in [0.05, 0.1) is 6.10 Å². The molecule has 0 aliphatic heterocycles. The predicted molar refractivity (Wildman–Crippen MR) is 78.1 cm³/mol. The van der Waals surface area contributed by atoms with Crippen molar-refractivity contribution in [3.63, 3.8) is 0 Å². The van der Waals surface area contributed by atoms with Crippen molar-refractivity contribution in [3.05, 3.63) is 21.9 Å². The van der Waals surface area contributed by atoms with Gasteiger partial charge in [-0.3, -0.25) is 0 Å². The molecule has 18 heavy (non-hydrogen) atoms. The van der Waals surface area contributed by atoms with Gasteiger partial charge in [0, 0.05) is 17.5 Å². The van der Waals surface area contributed by atoms with Gasteiger partial charge in [-0.15, -0.1) is 11.3 Å². The van der Waals surface area contributed by atoms with Crippen molar-refractivity contribution in [3.8, 4) is 0 Å². The first-order valence-electron chi connectivity index (χ1n) is 7.24. The molecule has 0 aromatic carbocycles. The molecule has 1 heterocycles. The van der Waals surface area contributed by atoms with Crippen LogP contribution in [0.15, 0.2) is 11.4 Å². The van der Waals surface area contributed by atoms with Crippen LogP contribution in [0.25, 0.3) is 0 Å². The lowest BCUT2D eigenvalue weighted by molar-refractivity contribution is 0.0975. The highest BCUT2D eigenvalue weighted by molar-refractivity contribution is 7.10. The van der Waals surface area contributed by atoms with Gasteiger partial charge in [0.15, 0.2) is 0 Å². The van der Waals surface area contributed by atoms with Gasteiger partial charge >= 0.3 is 0 Å². The summed E-state index contributed by atoms with van der Waals surface area (Å²) in [6.45, 7) is 5.05. The maximum Gasteiger partial charge on any atom is 0.0692 e. The quantitative estimate of drug-likeness (QED) is 0.826.